The SMILES string of the molecule is O=[N+]([O-])c1cccc2c1S(=O)c1ncccc1O2. The van der Waals surface area contributed by atoms with Crippen molar-refractivity contribution in [3.8, 4) is 11.5 Å². The van der Waals surface area contributed by atoms with Crippen LogP contribution >= 0.6 is 0 Å². The van der Waals surface area contributed by atoms with Crippen LogP contribution in [0.4, 0.5) is 5.69 Å². The van der Waals surface area contributed by atoms with Gasteiger partial charge in [-0.25, -0.2) is 9.19 Å². The van der Waals surface area contributed by atoms with Crippen LogP contribution in [0.1, 0.15) is 0 Å². The molecule has 0 radical (unpaired) electrons. The fourth-order valence-electron chi connectivity index (χ4n) is 1.72. The van der Waals surface area contributed by atoms with E-state index in [-0.39, 0.29) is 21.4 Å². The predicted molar refractivity (Wildman–Crippen MR) is 62.1 cm³/mol. The summed E-state index contributed by atoms with van der Waals surface area (Å²) >= 11 is 0. The van der Waals surface area contributed by atoms with Crippen molar-refractivity contribution in [2.24, 2.45) is 0 Å². The van der Waals surface area contributed by atoms with E-state index in [1.165, 1.54) is 18.3 Å². The Labute approximate surface area is 104 Å². The van der Waals surface area contributed by atoms with Gasteiger partial charge in [-0.1, -0.05) is 6.07 Å². The van der Waals surface area contributed by atoms with E-state index in [2.05, 4.69) is 4.98 Å². The molecule has 0 fully saturated rings. The second-order valence-corrected chi connectivity index (χ2v) is 4.87. The van der Waals surface area contributed by atoms with Gasteiger partial charge in [0.15, 0.2) is 21.4 Å². The maximum absolute atomic E-state index is 12.3. The Hall–Kier alpha value is -2.28. The van der Waals surface area contributed by atoms with E-state index >= 15 is 0 Å². The summed E-state index contributed by atoms with van der Waals surface area (Å²) in [5.41, 5.74) is -0.220. The minimum absolute atomic E-state index is 0.0636. The van der Waals surface area contributed by atoms with Crippen LogP contribution in [0.15, 0.2) is 46.5 Å². The summed E-state index contributed by atoms with van der Waals surface area (Å²) in [6.45, 7) is 0. The molecule has 3 rings (SSSR count). The summed E-state index contributed by atoms with van der Waals surface area (Å²) in [6.07, 6.45) is 1.47. The molecule has 0 spiro atoms. The molecule has 90 valence electrons. The van der Waals surface area contributed by atoms with Crippen LogP contribution in [0.5, 0.6) is 11.5 Å². The fraction of sp³-hybridized carbons (Fsp3) is 0. The monoisotopic (exact) mass is 262 g/mol. The number of nitro benzene ring substituents is 1. The summed E-state index contributed by atoms with van der Waals surface area (Å²) in [5.74, 6) is 0.604. The third-order valence-electron chi connectivity index (χ3n) is 2.47. The molecule has 2 aromatic rings. The molecule has 0 amide bonds. The largest absolute Gasteiger partial charge is 0.453 e. The Morgan fingerprint density at radius 1 is 1.22 bits per heavy atom. The Kier molecular flexibility index (Phi) is 2.34. The number of hydrogen-bond acceptors (Lipinski definition) is 5. The number of nitro groups is 1. The third-order valence-corrected chi connectivity index (χ3v) is 3.91. The molecule has 1 aromatic carbocycles. The maximum atomic E-state index is 12.3. The van der Waals surface area contributed by atoms with Crippen LogP contribution in [-0.4, -0.2) is 14.1 Å². The van der Waals surface area contributed by atoms with E-state index in [0.29, 0.717) is 5.75 Å². The molecule has 1 aromatic heterocycles. The highest BCUT2D eigenvalue weighted by molar-refractivity contribution is 7.85. The summed E-state index contributed by atoms with van der Waals surface area (Å²) in [5, 5.41) is 11.1. The van der Waals surface area contributed by atoms with Crippen LogP contribution in [0.3, 0.4) is 0 Å². The molecular weight excluding hydrogens is 256 g/mol. The van der Waals surface area contributed by atoms with Gasteiger partial charge in [0.25, 0.3) is 5.69 Å². The maximum Gasteiger partial charge on any atom is 0.289 e. The van der Waals surface area contributed by atoms with Gasteiger partial charge in [-0.3, -0.25) is 10.1 Å². The number of hydrogen-bond donors (Lipinski definition) is 0. The highest BCUT2D eigenvalue weighted by atomic mass is 32.2. The van der Waals surface area contributed by atoms with Crippen molar-refractivity contribution in [2.75, 3.05) is 0 Å². The topological polar surface area (TPSA) is 82.3 Å². The lowest BCUT2D eigenvalue weighted by atomic mass is 10.3. The first-order valence-corrected chi connectivity index (χ1v) is 6.15. The molecule has 0 aliphatic carbocycles. The first-order chi connectivity index (χ1) is 8.68. The van der Waals surface area contributed by atoms with E-state index in [0.717, 1.165) is 0 Å². The zero-order chi connectivity index (χ0) is 12.7. The smallest absolute Gasteiger partial charge is 0.289 e. The quantitative estimate of drug-likeness (QED) is 0.496. The van der Waals surface area contributed by atoms with Gasteiger partial charge in [0, 0.05) is 12.3 Å². The first-order valence-electron chi connectivity index (χ1n) is 5.00. The molecule has 1 atom stereocenters. The molecule has 0 N–H and O–H groups in total. The lowest BCUT2D eigenvalue weighted by molar-refractivity contribution is -0.387. The standard InChI is InChI=1S/C11H6N2O4S/c14-13(15)7-3-1-4-8-10(7)18(16)11-9(17-8)5-2-6-12-11/h1-6H. The zero-order valence-electron chi connectivity index (χ0n) is 8.90. The van der Waals surface area contributed by atoms with Crippen molar-refractivity contribution < 1.29 is 13.9 Å². The Balaban J connectivity index is 2.26. The van der Waals surface area contributed by atoms with Gasteiger partial charge in [0.05, 0.1) is 4.92 Å². The zero-order valence-corrected chi connectivity index (χ0v) is 9.72. The van der Waals surface area contributed by atoms with E-state index in [9.17, 15) is 14.3 Å². The molecule has 7 heteroatoms. The van der Waals surface area contributed by atoms with E-state index in [4.69, 9.17) is 4.74 Å². The Morgan fingerprint density at radius 2 is 2.00 bits per heavy atom. The second kappa shape index (κ2) is 3.88. The molecule has 1 aliphatic heterocycles. The number of rotatable bonds is 1. The lowest BCUT2D eigenvalue weighted by Crippen LogP contribution is -2.09. The Morgan fingerprint density at radius 3 is 2.78 bits per heavy atom. The van der Waals surface area contributed by atoms with Gasteiger partial charge in [-0.15, -0.1) is 0 Å². The van der Waals surface area contributed by atoms with Crippen molar-refractivity contribution >= 4 is 16.5 Å². The summed E-state index contributed by atoms with van der Waals surface area (Å²) < 4.78 is 17.8. The molecule has 1 unspecified atom stereocenters. The van der Waals surface area contributed by atoms with Crippen molar-refractivity contribution in [3.05, 3.63) is 46.6 Å². The lowest BCUT2D eigenvalue weighted by Gasteiger charge is -2.17. The minimum atomic E-state index is -1.70. The van der Waals surface area contributed by atoms with E-state index in [1.54, 1.807) is 18.2 Å². The van der Waals surface area contributed by atoms with Gasteiger partial charge in [-0.05, 0) is 18.2 Å². The molecule has 18 heavy (non-hydrogen) atoms. The van der Waals surface area contributed by atoms with Gasteiger partial charge in [-0.2, -0.15) is 0 Å². The number of ether oxygens (including phenoxy) is 1. The number of nitrogens with zero attached hydrogens (tertiary/aromatic N) is 2. The fourth-order valence-corrected chi connectivity index (χ4v) is 2.99. The number of benzene rings is 1. The van der Waals surface area contributed by atoms with Gasteiger partial charge in [0.1, 0.15) is 10.8 Å². The minimum Gasteiger partial charge on any atom is -0.453 e. The molecule has 2 heterocycles. The van der Waals surface area contributed by atoms with Gasteiger partial charge in [0.2, 0.25) is 0 Å². The summed E-state index contributed by atoms with van der Waals surface area (Å²) in [4.78, 5) is 14.4. The predicted octanol–water partition coefficient (Wildman–Crippen LogP) is 2.26. The average Bonchev–Trinajstić information content (AvgIpc) is 2.38. The van der Waals surface area contributed by atoms with Crippen LogP contribution < -0.4 is 4.74 Å². The van der Waals surface area contributed by atoms with Crippen molar-refractivity contribution in [3.63, 3.8) is 0 Å². The summed E-state index contributed by atoms with van der Waals surface area (Å²) in [7, 11) is -1.70. The van der Waals surface area contributed by atoms with Gasteiger partial charge >= 0.3 is 0 Å². The number of aromatic nitrogens is 1. The number of pyridine rings is 1. The molecule has 0 bridgehead atoms. The first kappa shape index (κ1) is 10.8. The van der Waals surface area contributed by atoms with Crippen molar-refractivity contribution in [1.29, 1.82) is 0 Å². The normalized spacial score (nSPS) is 16.3. The highest BCUT2D eigenvalue weighted by Crippen LogP contribution is 2.42. The van der Waals surface area contributed by atoms with Crippen LogP contribution in [-0.2, 0) is 10.8 Å². The van der Waals surface area contributed by atoms with Crippen LogP contribution in [0.2, 0.25) is 0 Å². The Bertz CT molecular complexity index is 686. The van der Waals surface area contributed by atoms with Gasteiger partial charge < -0.3 is 4.74 Å². The van der Waals surface area contributed by atoms with E-state index < -0.39 is 15.7 Å². The third kappa shape index (κ3) is 1.48. The second-order valence-electron chi connectivity index (χ2n) is 3.54. The van der Waals surface area contributed by atoms with E-state index in [1.807, 2.05) is 0 Å². The summed E-state index contributed by atoms with van der Waals surface area (Å²) in [6, 6.07) is 7.63. The highest BCUT2D eigenvalue weighted by Gasteiger charge is 2.32. The van der Waals surface area contributed by atoms with Crippen molar-refractivity contribution in [2.45, 2.75) is 9.92 Å². The number of fused-ring (bicyclic) bond motifs is 2. The average molecular weight is 262 g/mol. The molecule has 6 nitrogen and oxygen atoms in total. The molecule has 0 saturated heterocycles. The van der Waals surface area contributed by atoms with Crippen molar-refractivity contribution in [1.82, 2.24) is 4.98 Å². The molecule has 1 aliphatic rings. The molecule has 0 saturated carbocycles. The molecular formula is C11H6N2O4S. The van der Waals surface area contributed by atoms with Crippen LogP contribution in [0, 0.1) is 10.1 Å². The van der Waals surface area contributed by atoms with Crippen LogP contribution in [0.25, 0.3) is 0 Å².